The number of fused-ring (bicyclic) bond motifs is 1. The van der Waals surface area contributed by atoms with E-state index >= 15 is 0 Å². The number of anilines is 1. The van der Waals surface area contributed by atoms with Gasteiger partial charge in [-0.3, -0.25) is 0 Å². The number of alkyl halides is 2. The van der Waals surface area contributed by atoms with Crippen LogP contribution in [0.15, 0.2) is 12.1 Å². The van der Waals surface area contributed by atoms with Gasteiger partial charge < -0.3 is 14.4 Å². The van der Waals surface area contributed by atoms with E-state index in [9.17, 15) is 8.78 Å². The molecule has 0 saturated carbocycles. The highest BCUT2D eigenvalue weighted by Crippen LogP contribution is 2.41. The third-order valence-corrected chi connectivity index (χ3v) is 4.08. The molecule has 0 N–H and O–H groups in total. The molecule has 1 atom stereocenters. The van der Waals surface area contributed by atoms with Gasteiger partial charge in [0.25, 0.3) is 6.43 Å². The fourth-order valence-corrected chi connectivity index (χ4v) is 2.90. The molecule has 1 aromatic rings. The zero-order valence-corrected chi connectivity index (χ0v) is 11.8. The van der Waals surface area contributed by atoms with Crippen molar-refractivity contribution < 1.29 is 18.3 Å². The summed E-state index contributed by atoms with van der Waals surface area (Å²) in [5.41, 5.74) is 1.65. The molecule has 3 nitrogen and oxygen atoms in total. The molecule has 0 aromatic heterocycles. The Morgan fingerprint density at radius 2 is 1.95 bits per heavy atom. The van der Waals surface area contributed by atoms with Crippen LogP contribution in [0.2, 0.25) is 0 Å². The summed E-state index contributed by atoms with van der Waals surface area (Å²) in [5, 5.41) is 0. The second kappa shape index (κ2) is 4.88. The van der Waals surface area contributed by atoms with E-state index in [2.05, 4.69) is 4.90 Å². The molecule has 1 fully saturated rings. The topological polar surface area (TPSA) is 21.7 Å². The maximum atomic E-state index is 13.1. The highest BCUT2D eigenvalue weighted by molar-refractivity contribution is 5.61. The zero-order valence-electron chi connectivity index (χ0n) is 11.8. The Bertz CT molecular complexity index is 515. The van der Waals surface area contributed by atoms with Crippen molar-refractivity contribution in [2.24, 2.45) is 0 Å². The molecule has 0 bridgehead atoms. The normalized spacial score (nSPS) is 25.8. The van der Waals surface area contributed by atoms with Crippen LogP contribution in [-0.4, -0.2) is 38.3 Å². The molecule has 1 saturated heterocycles. The van der Waals surface area contributed by atoms with Crippen molar-refractivity contribution in [2.45, 2.75) is 32.3 Å². The molecule has 0 amide bonds. The van der Waals surface area contributed by atoms with Crippen LogP contribution >= 0.6 is 0 Å². The zero-order chi connectivity index (χ0) is 14.3. The molecule has 1 unspecified atom stereocenters. The molecule has 110 valence electrons. The number of rotatable bonds is 2. The molecule has 2 heterocycles. The van der Waals surface area contributed by atoms with Gasteiger partial charge in [0.2, 0.25) is 0 Å². The summed E-state index contributed by atoms with van der Waals surface area (Å²) in [7, 11) is 0. The van der Waals surface area contributed by atoms with Gasteiger partial charge in [-0.05, 0) is 25.0 Å². The lowest BCUT2D eigenvalue weighted by Crippen LogP contribution is -2.38. The summed E-state index contributed by atoms with van der Waals surface area (Å²) in [6.07, 6.45) is -2.22. The van der Waals surface area contributed by atoms with E-state index in [0.717, 1.165) is 29.9 Å². The molecular formula is C15H19F2NO2. The Hall–Kier alpha value is -1.36. The van der Waals surface area contributed by atoms with Crippen molar-refractivity contribution in [2.75, 3.05) is 31.2 Å². The van der Waals surface area contributed by atoms with Crippen LogP contribution in [0.25, 0.3) is 0 Å². The Labute approximate surface area is 117 Å². The SMILES string of the molecule is Cc1cc2c(cc1N1CCOCC1)OC(C)(C(F)F)C2. The number of morpholine rings is 1. The molecule has 0 radical (unpaired) electrons. The maximum Gasteiger partial charge on any atom is 0.277 e. The summed E-state index contributed by atoms with van der Waals surface area (Å²) in [4.78, 5) is 2.22. The Morgan fingerprint density at radius 3 is 2.60 bits per heavy atom. The quantitative estimate of drug-likeness (QED) is 0.833. The predicted molar refractivity (Wildman–Crippen MR) is 73.0 cm³/mol. The van der Waals surface area contributed by atoms with Gasteiger partial charge in [0.15, 0.2) is 5.60 Å². The van der Waals surface area contributed by atoms with Gasteiger partial charge in [0.1, 0.15) is 5.75 Å². The number of benzene rings is 1. The number of aryl methyl sites for hydroxylation is 1. The van der Waals surface area contributed by atoms with Gasteiger partial charge in [-0.1, -0.05) is 6.07 Å². The van der Waals surface area contributed by atoms with Gasteiger partial charge in [-0.25, -0.2) is 8.78 Å². The van der Waals surface area contributed by atoms with Gasteiger partial charge in [0, 0.05) is 31.3 Å². The number of ether oxygens (including phenoxy) is 2. The van der Waals surface area contributed by atoms with Crippen LogP contribution in [-0.2, 0) is 11.2 Å². The molecule has 2 aliphatic rings. The third kappa shape index (κ3) is 2.24. The van der Waals surface area contributed by atoms with Crippen LogP contribution in [0.1, 0.15) is 18.1 Å². The summed E-state index contributed by atoms with van der Waals surface area (Å²) < 4.78 is 37.1. The molecule has 5 heteroatoms. The average Bonchev–Trinajstić information content (AvgIpc) is 2.75. The van der Waals surface area contributed by atoms with Crippen LogP contribution in [0.4, 0.5) is 14.5 Å². The van der Waals surface area contributed by atoms with E-state index in [0.29, 0.717) is 19.0 Å². The molecule has 0 spiro atoms. The highest BCUT2D eigenvalue weighted by atomic mass is 19.3. The second-order valence-electron chi connectivity index (χ2n) is 5.74. The summed E-state index contributed by atoms with van der Waals surface area (Å²) in [6.45, 7) is 6.54. The summed E-state index contributed by atoms with van der Waals surface area (Å²) >= 11 is 0. The number of hydrogen-bond donors (Lipinski definition) is 0. The number of hydrogen-bond acceptors (Lipinski definition) is 3. The minimum absolute atomic E-state index is 0.268. The molecule has 0 aliphatic carbocycles. The lowest BCUT2D eigenvalue weighted by Gasteiger charge is -2.30. The van der Waals surface area contributed by atoms with Crippen molar-refractivity contribution >= 4 is 5.69 Å². The van der Waals surface area contributed by atoms with Crippen LogP contribution in [0.3, 0.4) is 0 Å². The van der Waals surface area contributed by atoms with Crippen molar-refractivity contribution in [1.29, 1.82) is 0 Å². The standard InChI is InChI=1S/C15H19F2NO2/c1-10-7-11-9-15(2,14(16)17)20-13(11)8-12(10)18-3-5-19-6-4-18/h7-8,14H,3-6,9H2,1-2H3. The predicted octanol–water partition coefficient (Wildman–Crippen LogP) is 2.79. The second-order valence-corrected chi connectivity index (χ2v) is 5.74. The van der Waals surface area contributed by atoms with Gasteiger partial charge in [-0.15, -0.1) is 0 Å². The first-order valence-electron chi connectivity index (χ1n) is 6.93. The highest BCUT2D eigenvalue weighted by Gasteiger charge is 2.43. The van der Waals surface area contributed by atoms with Gasteiger partial charge >= 0.3 is 0 Å². The molecule has 2 aliphatic heterocycles. The van der Waals surface area contributed by atoms with E-state index in [1.54, 1.807) is 0 Å². The average molecular weight is 283 g/mol. The monoisotopic (exact) mass is 283 g/mol. The van der Waals surface area contributed by atoms with Crippen molar-refractivity contribution in [3.63, 3.8) is 0 Å². The number of nitrogens with zero attached hydrogens (tertiary/aromatic N) is 1. The summed E-state index contributed by atoms with van der Waals surface area (Å²) in [5.74, 6) is 0.597. The minimum Gasteiger partial charge on any atom is -0.481 e. The smallest absolute Gasteiger partial charge is 0.277 e. The van der Waals surface area contributed by atoms with Gasteiger partial charge in [-0.2, -0.15) is 0 Å². The van der Waals surface area contributed by atoms with Crippen LogP contribution in [0, 0.1) is 6.92 Å². The van der Waals surface area contributed by atoms with Crippen molar-refractivity contribution in [3.8, 4) is 5.75 Å². The first-order valence-corrected chi connectivity index (χ1v) is 6.93. The first kappa shape index (κ1) is 13.6. The molecule has 3 rings (SSSR count). The number of halogens is 2. The first-order chi connectivity index (χ1) is 9.49. The lowest BCUT2D eigenvalue weighted by atomic mass is 9.98. The van der Waals surface area contributed by atoms with Gasteiger partial charge in [0.05, 0.1) is 13.2 Å². The fraction of sp³-hybridized carbons (Fsp3) is 0.600. The molecule has 20 heavy (non-hydrogen) atoms. The lowest BCUT2D eigenvalue weighted by molar-refractivity contribution is -0.0498. The van der Waals surface area contributed by atoms with Crippen molar-refractivity contribution in [1.82, 2.24) is 0 Å². The Kier molecular flexibility index (Phi) is 3.32. The van der Waals surface area contributed by atoms with E-state index in [1.807, 2.05) is 19.1 Å². The molecular weight excluding hydrogens is 264 g/mol. The van der Waals surface area contributed by atoms with Crippen LogP contribution in [0.5, 0.6) is 5.75 Å². The fourth-order valence-electron chi connectivity index (χ4n) is 2.90. The minimum atomic E-state index is -2.48. The van der Waals surface area contributed by atoms with E-state index in [-0.39, 0.29) is 6.42 Å². The summed E-state index contributed by atoms with van der Waals surface area (Å²) in [6, 6.07) is 3.89. The largest absolute Gasteiger partial charge is 0.481 e. The third-order valence-electron chi connectivity index (χ3n) is 4.08. The molecule has 1 aromatic carbocycles. The van der Waals surface area contributed by atoms with Crippen molar-refractivity contribution in [3.05, 3.63) is 23.3 Å². The Morgan fingerprint density at radius 1 is 1.25 bits per heavy atom. The Balaban J connectivity index is 1.90. The van der Waals surface area contributed by atoms with Crippen LogP contribution < -0.4 is 9.64 Å². The maximum absolute atomic E-state index is 13.1. The van der Waals surface area contributed by atoms with E-state index in [1.165, 1.54) is 6.92 Å². The van der Waals surface area contributed by atoms with E-state index in [4.69, 9.17) is 9.47 Å². The van der Waals surface area contributed by atoms with E-state index < -0.39 is 12.0 Å².